The lowest BCUT2D eigenvalue weighted by atomic mass is 9.97. The van der Waals surface area contributed by atoms with Gasteiger partial charge in [0.15, 0.2) is 9.84 Å². The molecule has 0 aliphatic rings. The fourth-order valence-electron chi connectivity index (χ4n) is 2.30. The molecule has 0 saturated heterocycles. The van der Waals surface area contributed by atoms with Crippen LogP contribution in [0.1, 0.15) is 22.7 Å². The Hall–Kier alpha value is -1.65. The monoisotopic (exact) mass is 289 g/mol. The first-order valence-corrected chi connectivity index (χ1v) is 8.35. The van der Waals surface area contributed by atoms with Gasteiger partial charge in [-0.1, -0.05) is 42.0 Å². The summed E-state index contributed by atoms with van der Waals surface area (Å²) in [6.07, 6.45) is 1.23. The van der Waals surface area contributed by atoms with Crippen LogP contribution in [0.2, 0.25) is 0 Å². The summed E-state index contributed by atoms with van der Waals surface area (Å²) in [5, 5.41) is 3.25. The topological polar surface area (TPSA) is 46.2 Å². The highest BCUT2D eigenvalue weighted by Crippen LogP contribution is 2.24. The standard InChI is InChI=1S/C16H19NO2S/c1-12-6-4-7-13(10-12)16(17-2)14-8-5-9-15(11-14)20(3,18)19/h4-11,16-17H,1-3H3. The van der Waals surface area contributed by atoms with Gasteiger partial charge in [-0.3, -0.25) is 0 Å². The van der Waals surface area contributed by atoms with Gasteiger partial charge in [-0.15, -0.1) is 0 Å². The number of sulfone groups is 1. The molecule has 0 amide bonds. The predicted molar refractivity (Wildman–Crippen MR) is 81.6 cm³/mol. The summed E-state index contributed by atoms with van der Waals surface area (Å²) in [5.74, 6) is 0. The van der Waals surface area contributed by atoms with Gasteiger partial charge in [0, 0.05) is 6.26 Å². The van der Waals surface area contributed by atoms with Crippen molar-refractivity contribution in [1.82, 2.24) is 5.32 Å². The van der Waals surface area contributed by atoms with E-state index in [4.69, 9.17) is 0 Å². The molecule has 0 spiro atoms. The van der Waals surface area contributed by atoms with E-state index in [2.05, 4.69) is 11.4 Å². The molecular formula is C16H19NO2S. The fraction of sp³-hybridized carbons (Fsp3) is 0.250. The van der Waals surface area contributed by atoms with Gasteiger partial charge < -0.3 is 5.32 Å². The summed E-state index contributed by atoms with van der Waals surface area (Å²) in [6.45, 7) is 2.04. The first-order chi connectivity index (χ1) is 9.41. The lowest BCUT2D eigenvalue weighted by Gasteiger charge is -2.18. The van der Waals surface area contributed by atoms with E-state index in [9.17, 15) is 8.42 Å². The second kappa shape index (κ2) is 5.77. The van der Waals surface area contributed by atoms with Crippen molar-refractivity contribution in [2.45, 2.75) is 17.9 Å². The Bertz CT molecular complexity index is 708. The van der Waals surface area contributed by atoms with Gasteiger partial charge in [-0.2, -0.15) is 0 Å². The van der Waals surface area contributed by atoms with Crippen molar-refractivity contribution in [3.05, 3.63) is 65.2 Å². The van der Waals surface area contributed by atoms with Crippen LogP contribution in [0.15, 0.2) is 53.4 Å². The summed E-state index contributed by atoms with van der Waals surface area (Å²) < 4.78 is 23.3. The minimum Gasteiger partial charge on any atom is -0.309 e. The van der Waals surface area contributed by atoms with E-state index in [0.717, 1.165) is 11.1 Å². The Morgan fingerprint density at radius 1 is 1.00 bits per heavy atom. The van der Waals surface area contributed by atoms with Gasteiger partial charge in [0.2, 0.25) is 0 Å². The molecule has 0 aliphatic carbocycles. The average Bonchev–Trinajstić information content (AvgIpc) is 2.39. The first kappa shape index (κ1) is 14.8. The minimum atomic E-state index is -3.19. The summed E-state index contributed by atoms with van der Waals surface area (Å²) >= 11 is 0. The molecule has 0 bridgehead atoms. The number of hydrogen-bond donors (Lipinski definition) is 1. The highest BCUT2D eigenvalue weighted by Gasteiger charge is 2.15. The maximum Gasteiger partial charge on any atom is 0.175 e. The normalized spacial score (nSPS) is 13.2. The molecule has 0 fully saturated rings. The van der Waals surface area contributed by atoms with Crippen LogP contribution < -0.4 is 5.32 Å². The summed E-state index contributed by atoms with van der Waals surface area (Å²) in [5.41, 5.74) is 3.25. The molecule has 1 atom stereocenters. The molecule has 20 heavy (non-hydrogen) atoms. The maximum atomic E-state index is 11.7. The molecule has 2 aromatic rings. The molecule has 0 heterocycles. The minimum absolute atomic E-state index is 0.0170. The Labute approximate surface area is 120 Å². The van der Waals surface area contributed by atoms with Crippen LogP contribution in [0, 0.1) is 6.92 Å². The molecule has 2 rings (SSSR count). The zero-order valence-corrected chi connectivity index (χ0v) is 12.7. The molecule has 106 valence electrons. The van der Waals surface area contributed by atoms with Crippen LogP contribution in [-0.4, -0.2) is 21.7 Å². The summed E-state index contributed by atoms with van der Waals surface area (Å²) in [7, 11) is -1.31. The second-order valence-corrected chi connectivity index (χ2v) is 7.00. The van der Waals surface area contributed by atoms with Crippen LogP contribution in [0.3, 0.4) is 0 Å². The van der Waals surface area contributed by atoms with Gasteiger partial charge in [0.1, 0.15) is 0 Å². The molecule has 1 unspecified atom stereocenters. The number of rotatable bonds is 4. The van der Waals surface area contributed by atoms with Crippen LogP contribution in [0.4, 0.5) is 0 Å². The van der Waals surface area contributed by atoms with E-state index < -0.39 is 9.84 Å². The lowest BCUT2D eigenvalue weighted by molar-refractivity contribution is 0.601. The Morgan fingerprint density at radius 2 is 1.60 bits per heavy atom. The molecule has 0 saturated carbocycles. The van der Waals surface area contributed by atoms with Crippen molar-refractivity contribution in [2.24, 2.45) is 0 Å². The predicted octanol–water partition coefficient (Wildman–Crippen LogP) is 2.71. The van der Waals surface area contributed by atoms with Crippen LogP contribution in [-0.2, 0) is 9.84 Å². The first-order valence-electron chi connectivity index (χ1n) is 6.45. The van der Waals surface area contributed by atoms with Gasteiger partial charge in [-0.05, 0) is 37.2 Å². The Kier molecular flexibility index (Phi) is 4.26. The maximum absolute atomic E-state index is 11.7. The Morgan fingerprint density at radius 3 is 2.15 bits per heavy atom. The van der Waals surface area contributed by atoms with E-state index in [1.54, 1.807) is 18.2 Å². The van der Waals surface area contributed by atoms with E-state index in [-0.39, 0.29) is 6.04 Å². The van der Waals surface area contributed by atoms with E-state index in [1.165, 1.54) is 11.8 Å². The third-order valence-corrected chi connectivity index (χ3v) is 4.39. The third kappa shape index (κ3) is 3.26. The van der Waals surface area contributed by atoms with Crippen molar-refractivity contribution < 1.29 is 8.42 Å². The number of aryl methyl sites for hydroxylation is 1. The van der Waals surface area contributed by atoms with Crippen LogP contribution in [0.5, 0.6) is 0 Å². The van der Waals surface area contributed by atoms with Gasteiger partial charge in [0.25, 0.3) is 0 Å². The lowest BCUT2D eigenvalue weighted by Crippen LogP contribution is -2.18. The smallest absolute Gasteiger partial charge is 0.175 e. The van der Waals surface area contributed by atoms with E-state index >= 15 is 0 Å². The van der Waals surface area contributed by atoms with Crippen molar-refractivity contribution in [3.8, 4) is 0 Å². The number of benzene rings is 2. The van der Waals surface area contributed by atoms with Crippen molar-refractivity contribution >= 4 is 9.84 Å². The summed E-state index contributed by atoms with van der Waals surface area (Å²) in [4.78, 5) is 0.350. The zero-order valence-electron chi connectivity index (χ0n) is 11.9. The van der Waals surface area contributed by atoms with Crippen molar-refractivity contribution in [2.75, 3.05) is 13.3 Å². The van der Waals surface area contributed by atoms with Crippen LogP contribution >= 0.6 is 0 Å². The largest absolute Gasteiger partial charge is 0.309 e. The number of nitrogens with one attached hydrogen (secondary N) is 1. The molecule has 4 heteroatoms. The molecule has 0 aliphatic heterocycles. The van der Waals surface area contributed by atoms with Gasteiger partial charge in [-0.25, -0.2) is 8.42 Å². The summed E-state index contributed by atoms with van der Waals surface area (Å²) in [6, 6.07) is 15.3. The number of hydrogen-bond acceptors (Lipinski definition) is 3. The van der Waals surface area contributed by atoms with E-state index in [1.807, 2.05) is 38.2 Å². The molecule has 3 nitrogen and oxygen atoms in total. The fourth-order valence-corrected chi connectivity index (χ4v) is 2.98. The highest BCUT2D eigenvalue weighted by molar-refractivity contribution is 7.90. The highest BCUT2D eigenvalue weighted by atomic mass is 32.2. The van der Waals surface area contributed by atoms with E-state index in [0.29, 0.717) is 4.90 Å². The SMILES string of the molecule is CNC(c1cccc(C)c1)c1cccc(S(C)(=O)=O)c1. The molecular weight excluding hydrogens is 270 g/mol. The molecule has 0 aromatic heterocycles. The average molecular weight is 289 g/mol. The molecule has 0 radical (unpaired) electrons. The van der Waals surface area contributed by atoms with Gasteiger partial charge >= 0.3 is 0 Å². The van der Waals surface area contributed by atoms with Crippen molar-refractivity contribution in [3.63, 3.8) is 0 Å². The Balaban J connectivity index is 2.48. The molecule has 1 N–H and O–H groups in total. The van der Waals surface area contributed by atoms with Gasteiger partial charge in [0.05, 0.1) is 10.9 Å². The third-order valence-electron chi connectivity index (χ3n) is 3.28. The zero-order chi connectivity index (χ0) is 14.8. The second-order valence-electron chi connectivity index (χ2n) is 4.98. The van der Waals surface area contributed by atoms with Crippen LogP contribution in [0.25, 0.3) is 0 Å². The molecule has 2 aromatic carbocycles. The van der Waals surface area contributed by atoms with Crippen molar-refractivity contribution in [1.29, 1.82) is 0 Å². The quantitative estimate of drug-likeness (QED) is 0.941.